The Morgan fingerprint density at radius 1 is 1.30 bits per heavy atom. The van der Waals surface area contributed by atoms with E-state index in [0.29, 0.717) is 30.5 Å². The third-order valence-corrected chi connectivity index (χ3v) is 3.51. The number of pyridine rings is 1. The number of carbonyl (C=O) groups excluding carboxylic acids is 1. The van der Waals surface area contributed by atoms with Gasteiger partial charge in [0.05, 0.1) is 6.61 Å². The summed E-state index contributed by atoms with van der Waals surface area (Å²) in [6, 6.07) is 3.49. The third-order valence-electron chi connectivity index (χ3n) is 3.32. The van der Waals surface area contributed by atoms with Gasteiger partial charge in [-0.25, -0.2) is 4.98 Å². The number of nitrogens with zero attached hydrogens (tertiary/aromatic N) is 2. The van der Waals surface area contributed by atoms with E-state index >= 15 is 0 Å². The molecule has 0 radical (unpaired) electrons. The minimum atomic E-state index is -0.137. The van der Waals surface area contributed by atoms with Gasteiger partial charge in [-0.15, -0.1) is 0 Å². The number of aromatic nitrogens is 1. The van der Waals surface area contributed by atoms with Gasteiger partial charge in [0.1, 0.15) is 5.15 Å². The Hall–Kier alpha value is -1.13. The molecule has 2 rings (SSSR count). The second-order valence-corrected chi connectivity index (χ2v) is 6.46. The number of halogens is 1. The maximum atomic E-state index is 12.6. The van der Waals surface area contributed by atoms with Crippen LogP contribution >= 0.6 is 11.6 Å². The fraction of sp³-hybridized carbons (Fsp3) is 0.600. The molecular formula is C15H21ClN2O2. The van der Waals surface area contributed by atoms with Gasteiger partial charge in [0.25, 0.3) is 5.91 Å². The Labute approximate surface area is 125 Å². The van der Waals surface area contributed by atoms with Crippen molar-refractivity contribution in [2.45, 2.75) is 32.6 Å². The summed E-state index contributed by atoms with van der Waals surface area (Å²) in [5.74, 6) is 0.00491. The molecule has 1 aromatic rings. The molecule has 1 fully saturated rings. The Bertz CT molecular complexity index is 489. The van der Waals surface area contributed by atoms with Crippen molar-refractivity contribution < 1.29 is 9.53 Å². The van der Waals surface area contributed by atoms with Crippen LogP contribution in [0.1, 0.15) is 43.2 Å². The summed E-state index contributed by atoms with van der Waals surface area (Å²) in [6.45, 7) is 8.83. The van der Waals surface area contributed by atoms with Gasteiger partial charge in [0.2, 0.25) is 0 Å². The largest absolute Gasteiger partial charge is 0.380 e. The van der Waals surface area contributed by atoms with Gasteiger partial charge in [0, 0.05) is 36.4 Å². The van der Waals surface area contributed by atoms with E-state index in [0.717, 1.165) is 18.7 Å². The quantitative estimate of drug-likeness (QED) is 0.748. The van der Waals surface area contributed by atoms with Crippen LogP contribution in [0.5, 0.6) is 0 Å². The van der Waals surface area contributed by atoms with E-state index in [1.807, 2.05) is 11.0 Å². The molecule has 20 heavy (non-hydrogen) atoms. The average Bonchev–Trinajstić information content (AvgIpc) is 2.65. The zero-order valence-corrected chi connectivity index (χ0v) is 13.0. The number of carbonyl (C=O) groups is 1. The van der Waals surface area contributed by atoms with Crippen molar-refractivity contribution in [2.75, 3.05) is 26.3 Å². The highest BCUT2D eigenvalue weighted by molar-refractivity contribution is 6.29. The van der Waals surface area contributed by atoms with E-state index in [-0.39, 0.29) is 11.3 Å². The molecule has 0 saturated carbocycles. The minimum Gasteiger partial charge on any atom is -0.380 e. The summed E-state index contributed by atoms with van der Waals surface area (Å²) in [7, 11) is 0. The van der Waals surface area contributed by atoms with Crippen molar-refractivity contribution in [1.82, 2.24) is 9.88 Å². The van der Waals surface area contributed by atoms with Crippen LogP contribution in [0.25, 0.3) is 0 Å². The van der Waals surface area contributed by atoms with Gasteiger partial charge in [-0.3, -0.25) is 4.79 Å². The van der Waals surface area contributed by atoms with Crippen molar-refractivity contribution in [3.63, 3.8) is 0 Å². The first-order valence-electron chi connectivity index (χ1n) is 6.93. The molecule has 110 valence electrons. The summed E-state index contributed by atoms with van der Waals surface area (Å²) in [6.07, 6.45) is 0.872. The molecule has 0 bridgehead atoms. The summed E-state index contributed by atoms with van der Waals surface area (Å²) in [5.41, 5.74) is 1.30. The molecule has 0 atom stereocenters. The zero-order valence-electron chi connectivity index (χ0n) is 12.3. The van der Waals surface area contributed by atoms with E-state index in [4.69, 9.17) is 16.3 Å². The predicted octanol–water partition coefficient (Wildman–Crippen LogP) is 2.90. The Balaban J connectivity index is 2.27. The lowest BCUT2D eigenvalue weighted by molar-refractivity contribution is 0.0741. The summed E-state index contributed by atoms with van der Waals surface area (Å²) < 4.78 is 5.38. The van der Waals surface area contributed by atoms with Gasteiger partial charge in [0.15, 0.2) is 0 Å². The second kappa shape index (κ2) is 6.10. The first-order valence-corrected chi connectivity index (χ1v) is 7.31. The van der Waals surface area contributed by atoms with Crippen molar-refractivity contribution in [3.05, 3.63) is 28.5 Å². The smallest absolute Gasteiger partial charge is 0.254 e. The highest BCUT2D eigenvalue weighted by Crippen LogP contribution is 2.24. The maximum Gasteiger partial charge on any atom is 0.254 e. The second-order valence-electron chi connectivity index (χ2n) is 6.07. The van der Waals surface area contributed by atoms with Gasteiger partial charge >= 0.3 is 0 Å². The molecule has 1 saturated heterocycles. The van der Waals surface area contributed by atoms with Gasteiger partial charge in [-0.05, 0) is 18.6 Å². The predicted molar refractivity (Wildman–Crippen MR) is 79.3 cm³/mol. The molecule has 5 heteroatoms. The lowest BCUT2D eigenvalue weighted by Crippen LogP contribution is -2.33. The molecule has 1 aromatic heterocycles. The molecule has 1 amide bonds. The highest BCUT2D eigenvalue weighted by atomic mass is 35.5. The normalized spacial score (nSPS) is 16.9. The zero-order chi connectivity index (χ0) is 14.8. The number of rotatable bonds is 1. The fourth-order valence-electron chi connectivity index (χ4n) is 2.14. The van der Waals surface area contributed by atoms with Crippen LogP contribution in [0.4, 0.5) is 0 Å². The van der Waals surface area contributed by atoms with Crippen molar-refractivity contribution in [1.29, 1.82) is 0 Å². The average molecular weight is 297 g/mol. The summed E-state index contributed by atoms with van der Waals surface area (Å²) >= 11 is 6.06. The van der Waals surface area contributed by atoms with E-state index in [1.54, 1.807) is 6.07 Å². The van der Waals surface area contributed by atoms with Crippen LogP contribution in [0, 0.1) is 0 Å². The molecule has 1 aliphatic rings. The Morgan fingerprint density at radius 2 is 2.05 bits per heavy atom. The van der Waals surface area contributed by atoms with Crippen molar-refractivity contribution >= 4 is 17.5 Å². The Morgan fingerprint density at radius 3 is 2.75 bits per heavy atom. The molecule has 1 aliphatic heterocycles. The number of hydrogen-bond acceptors (Lipinski definition) is 3. The molecule has 0 N–H and O–H groups in total. The fourth-order valence-corrected chi connectivity index (χ4v) is 2.34. The van der Waals surface area contributed by atoms with Crippen molar-refractivity contribution in [3.8, 4) is 0 Å². The van der Waals surface area contributed by atoms with E-state index in [2.05, 4.69) is 25.8 Å². The van der Waals surface area contributed by atoms with Crippen LogP contribution in [0.15, 0.2) is 12.1 Å². The van der Waals surface area contributed by atoms with Crippen LogP contribution < -0.4 is 0 Å². The summed E-state index contributed by atoms with van der Waals surface area (Å²) in [4.78, 5) is 18.7. The standard InChI is InChI=1S/C15H21ClN2O2/c1-15(2,3)12-9-11(10-13(16)17-12)14(19)18-5-4-7-20-8-6-18/h9-10H,4-8H2,1-3H3. The van der Waals surface area contributed by atoms with Gasteiger partial charge < -0.3 is 9.64 Å². The van der Waals surface area contributed by atoms with Crippen LogP contribution in [0.3, 0.4) is 0 Å². The molecule has 0 aromatic carbocycles. The molecule has 0 spiro atoms. The number of amides is 1. The molecule has 0 aliphatic carbocycles. The molecule has 0 unspecified atom stereocenters. The lowest BCUT2D eigenvalue weighted by atomic mass is 9.91. The third kappa shape index (κ3) is 3.70. The van der Waals surface area contributed by atoms with Gasteiger partial charge in [-0.2, -0.15) is 0 Å². The SMILES string of the molecule is CC(C)(C)c1cc(C(=O)N2CCCOCC2)cc(Cl)n1. The molecule has 2 heterocycles. The topological polar surface area (TPSA) is 42.4 Å². The minimum absolute atomic E-state index is 0.00491. The lowest BCUT2D eigenvalue weighted by Gasteiger charge is -2.22. The van der Waals surface area contributed by atoms with E-state index in [1.165, 1.54) is 0 Å². The monoisotopic (exact) mass is 296 g/mol. The maximum absolute atomic E-state index is 12.6. The van der Waals surface area contributed by atoms with E-state index < -0.39 is 0 Å². The van der Waals surface area contributed by atoms with Crippen LogP contribution in [-0.2, 0) is 10.2 Å². The van der Waals surface area contributed by atoms with Crippen LogP contribution in [0.2, 0.25) is 5.15 Å². The molecule has 4 nitrogen and oxygen atoms in total. The first-order chi connectivity index (χ1) is 9.38. The summed E-state index contributed by atoms with van der Waals surface area (Å²) in [5, 5.41) is 0.367. The first kappa shape index (κ1) is 15.3. The van der Waals surface area contributed by atoms with E-state index in [9.17, 15) is 4.79 Å². The number of ether oxygens (including phenoxy) is 1. The Kier molecular flexibility index (Phi) is 4.66. The molecular weight excluding hydrogens is 276 g/mol. The van der Waals surface area contributed by atoms with Crippen molar-refractivity contribution in [2.24, 2.45) is 0 Å². The van der Waals surface area contributed by atoms with Crippen LogP contribution in [-0.4, -0.2) is 42.1 Å². The highest BCUT2D eigenvalue weighted by Gasteiger charge is 2.22. The van der Waals surface area contributed by atoms with Gasteiger partial charge in [-0.1, -0.05) is 32.4 Å². The number of hydrogen-bond donors (Lipinski definition) is 0.